The minimum atomic E-state index is 0.0932. The molecule has 0 atom stereocenters. The van der Waals surface area contributed by atoms with Crippen molar-refractivity contribution in [2.24, 2.45) is 5.41 Å². The molecule has 0 amide bonds. The lowest BCUT2D eigenvalue weighted by atomic mass is 9.90. The zero-order valence-corrected chi connectivity index (χ0v) is 11.4. The Labute approximate surface area is 108 Å². The summed E-state index contributed by atoms with van der Waals surface area (Å²) in [5, 5.41) is 12.0. The van der Waals surface area contributed by atoms with Gasteiger partial charge in [-0.15, -0.1) is 0 Å². The van der Waals surface area contributed by atoms with Gasteiger partial charge in [-0.25, -0.2) is 9.97 Å². The molecule has 0 saturated heterocycles. The number of aromatic nitrogens is 2. The summed E-state index contributed by atoms with van der Waals surface area (Å²) in [5.74, 6) is 0.511. The zero-order chi connectivity index (χ0) is 13.6. The molecule has 1 heterocycles. The second kappa shape index (κ2) is 6.31. The maximum absolute atomic E-state index is 8.85. The second-order valence-corrected chi connectivity index (χ2v) is 5.09. The molecule has 0 aliphatic rings. The van der Waals surface area contributed by atoms with Gasteiger partial charge in [0.25, 0.3) is 0 Å². The van der Waals surface area contributed by atoms with Crippen LogP contribution in [0.25, 0.3) is 0 Å². The van der Waals surface area contributed by atoms with E-state index in [2.05, 4.69) is 29.1 Å². The first-order valence-corrected chi connectivity index (χ1v) is 5.95. The number of nitrogens with zero attached hydrogens (tertiary/aromatic N) is 3. The van der Waals surface area contributed by atoms with Gasteiger partial charge in [0.15, 0.2) is 0 Å². The van der Waals surface area contributed by atoms with Gasteiger partial charge in [0.05, 0.1) is 0 Å². The van der Waals surface area contributed by atoms with Gasteiger partial charge in [0.1, 0.15) is 11.8 Å². The molecule has 1 rings (SSSR count). The molecule has 0 saturated carbocycles. The van der Waals surface area contributed by atoms with E-state index in [-0.39, 0.29) is 5.41 Å². The lowest BCUT2D eigenvalue weighted by molar-refractivity contribution is 0.157. The van der Waals surface area contributed by atoms with Crippen molar-refractivity contribution >= 4 is 5.95 Å². The molecule has 0 aliphatic carbocycles. The Morgan fingerprint density at radius 1 is 1.44 bits per heavy atom. The number of hydrogen-bond acceptors (Lipinski definition) is 5. The fraction of sp³-hybridized carbons (Fsp3) is 0.615. The molecule has 0 spiro atoms. The van der Waals surface area contributed by atoms with Crippen molar-refractivity contribution in [3.05, 3.63) is 17.5 Å². The molecule has 0 aromatic carbocycles. The highest BCUT2D eigenvalue weighted by atomic mass is 16.5. The summed E-state index contributed by atoms with van der Waals surface area (Å²) in [5.41, 5.74) is 1.27. The van der Waals surface area contributed by atoms with E-state index in [4.69, 9.17) is 10.00 Å². The molecule has 0 aliphatic heterocycles. The molecule has 1 aromatic rings. The molecular formula is C13H20N4O. The Kier molecular flexibility index (Phi) is 5.05. The van der Waals surface area contributed by atoms with Crippen molar-refractivity contribution in [2.75, 3.05) is 25.6 Å². The van der Waals surface area contributed by atoms with Crippen LogP contribution in [0.15, 0.2) is 6.07 Å². The van der Waals surface area contributed by atoms with Crippen molar-refractivity contribution in [3.8, 4) is 6.07 Å². The number of ether oxygens (including phenoxy) is 1. The number of nitriles is 1. The maximum atomic E-state index is 8.85. The summed E-state index contributed by atoms with van der Waals surface area (Å²) in [6.07, 6.45) is 0.952. The molecule has 18 heavy (non-hydrogen) atoms. The van der Waals surface area contributed by atoms with Crippen molar-refractivity contribution < 1.29 is 4.74 Å². The summed E-state index contributed by atoms with van der Waals surface area (Å²) < 4.78 is 5.08. The summed E-state index contributed by atoms with van der Waals surface area (Å²) in [4.78, 5) is 8.38. The molecular weight excluding hydrogens is 228 g/mol. The van der Waals surface area contributed by atoms with Crippen LogP contribution in [-0.4, -0.2) is 30.2 Å². The first-order chi connectivity index (χ1) is 8.46. The summed E-state index contributed by atoms with van der Waals surface area (Å²) in [7, 11) is 1.70. The highest BCUT2D eigenvalue weighted by Gasteiger charge is 2.17. The fourth-order valence-electron chi connectivity index (χ4n) is 1.49. The van der Waals surface area contributed by atoms with Crippen molar-refractivity contribution in [1.82, 2.24) is 9.97 Å². The Balaban J connectivity index is 2.63. The molecule has 5 nitrogen and oxygen atoms in total. The van der Waals surface area contributed by atoms with Gasteiger partial charge in [0, 0.05) is 26.0 Å². The monoisotopic (exact) mass is 248 g/mol. The van der Waals surface area contributed by atoms with Crippen LogP contribution in [0.1, 0.15) is 31.7 Å². The van der Waals surface area contributed by atoms with Crippen LogP contribution in [0, 0.1) is 23.7 Å². The van der Waals surface area contributed by atoms with Gasteiger partial charge in [-0.1, -0.05) is 13.8 Å². The van der Waals surface area contributed by atoms with E-state index >= 15 is 0 Å². The third-order valence-electron chi connectivity index (χ3n) is 2.68. The lowest BCUT2D eigenvalue weighted by Crippen LogP contribution is -2.25. The normalized spacial score (nSPS) is 11.1. The SMILES string of the molecule is COCCC(C)(C)CNc1nc(C)cc(C#N)n1. The zero-order valence-electron chi connectivity index (χ0n) is 11.4. The fourth-order valence-corrected chi connectivity index (χ4v) is 1.49. The largest absolute Gasteiger partial charge is 0.385 e. The van der Waals surface area contributed by atoms with Crippen LogP contribution in [0.5, 0.6) is 0 Å². The minimum Gasteiger partial charge on any atom is -0.385 e. The summed E-state index contributed by atoms with van der Waals surface area (Å²) in [6.45, 7) is 7.63. The highest BCUT2D eigenvalue weighted by molar-refractivity contribution is 5.33. The number of anilines is 1. The molecule has 0 unspecified atom stereocenters. The molecule has 0 bridgehead atoms. The first kappa shape index (κ1) is 14.4. The van der Waals surface area contributed by atoms with Gasteiger partial charge in [-0.05, 0) is 24.8 Å². The predicted molar refractivity (Wildman–Crippen MR) is 70.2 cm³/mol. The number of rotatable bonds is 6. The van der Waals surface area contributed by atoms with E-state index in [0.29, 0.717) is 11.6 Å². The Bertz CT molecular complexity index is 437. The Morgan fingerprint density at radius 2 is 2.17 bits per heavy atom. The minimum absolute atomic E-state index is 0.0932. The van der Waals surface area contributed by atoms with Gasteiger partial charge in [0.2, 0.25) is 5.95 Å². The molecule has 1 N–H and O–H groups in total. The quantitative estimate of drug-likeness (QED) is 0.835. The predicted octanol–water partition coefficient (Wildman–Crippen LogP) is 2.13. The molecule has 5 heteroatoms. The van der Waals surface area contributed by atoms with Crippen LogP contribution < -0.4 is 5.32 Å². The van der Waals surface area contributed by atoms with Crippen molar-refractivity contribution in [1.29, 1.82) is 5.26 Å². The third-order valence-corrected chi connectivity index (χ3v) is 2.68. The standard InChI is InChI=1S/C13H20N4O/c1-10-7-11(8-14)17-12(16-10)15-9-13(2,3)5-6-18-4/h7H,5-6,9H2,1-4H3,(H,15,16,17). The Morgan fingerprint density at radius 3 is 2.78 bits per heavy atom. The van der Waals surface area contributed by atoms with Gasteiger partial charge in [-0.2, -0.15) is 5.26 Å². The number of nitrogens with one attached hydrogen (secondary N) is 1. The number of methoxy groups -OCH3 is 1. The van der Waals surface area contributed by atoms with Crippen LogP contribution in [0.3, 0.4) is 0 Å². The lowest BCUT2D eigenvalue weighted by Gasteiger charge is -2.24. The smallest absolute Gasteiger partial charge is 0.224 e. The number of hydrogen-bond donors (Lipinski definition) is 1. The maximum Gasteiger partial charge on any atom is 0.224 e. The first-order valence-electron chi connectivity index (χ1n) is 5.95. The van der Waals surface area contributed by atoms with Crippen molar-refractivity contribution in [2.45, 2.75) is 27.2 Å². The summed E-state index contributed by atoms with van der Waals surface area (Å²) >= 11 is 0. The van der Waals surface area contributed by atoms with E-state index in [1.165, 1.54) is 0 Å². The number of aryl methyl sites for hydroxylation is 1. The van der Waals surface area contributed by atoms with Crippen LogP contribution >= 0.6 is 0 Å². The topological polar surface area (TPSA) is 70.8 Å². The van der Waals surface area contributed by atoms with E-state index in [1.54, 1.807) is 13.2 Å². The average Bonchev–Trinajstić information content (AvgIpc) is 2.33. The van der Waals surface area contributed by atoms with Gasteiger partial charge >= 0.3 is 0 Å². The van der Waals surface area contributed by atoms with Crippen LogP contribution in [-0.2, 0) is 4.74 Å². The Hall–Kier alpha value is -1.67. The molecule has 1 aromatic heterocycles. The second-order valence-electron chi connectivity index (χ2n) is 5.09. The third kappa shape index (κ3) is 4.68. The summed E-state index contributed by atoms with van der Waals surface area (Å²) in [6, 6.07) is 3.70. The van der Waals surface area contributed by atoms with Crippen molar-refractivity contribution in [3.63, 3.8) is 0 Å². The van der Waals surface area contributed by atoms with E-state index in [9.17, 15) is 0 Å². The highest BCUT2D eigenvalue weighted by Crippen LogP contribution is 2.20. The molecule has 0 radical (unpaired) electrons. The van der Waals surface area contributed by atoms with E-state index < -0.39 is 0 Å². The average molecular weight is 248 g/mol. The molecule has 0 fully saturated rings. The van der Waals surface area contributed by atoms with Crippen LogP contribution in [0.4, 0.5) is 5.95 Å². The molecule has 98 valence electrons. The van der Waals surface area contributed by atoms with E-state index in [1.807, 2.05) is 13.0 Å². The van der Waals surface area contributed by atoms with Crippen LogP contribution in [0.2, 0.25) is 0 Å². The van der Waals surface area contributed by atoms with E-state index in [0.717, 1.165) is 25.3 Å². The van der Waals surface area contributed by atoms with Gasteiger partial charge in [-0.3, -0.25) is 0 Å². The van der Waals surface area contributed by atoms with Gasteiger partial charge < -0.3 is 10.1 Å².